The van der Waals surface area contributed by atoms with Gasteiger partial charge in [-0.05, 0) is 22.0 Å². The van der Waals surface area contributed by atoms with Crippen molar-refractivity contribution < 1.29 is 8.78 Å². The van der Waals surface area contributed by atoms with Crippen molar-refractivity contribution in [3.8, 4) is 0 Å². The summed E-state index contributed by atoms with van der Waals surface area (Å²) in [4.78, 5) is 7.65. The van der Waals surface area contributed by atoms with Gasteiger partial charge < -0.3 is 5.32 Å². The summed E-state index contributed by atoms with van der Waals surface area (Å²) < 4.78 is 26.9. The van der Waals surface area contributed by atoms with E-state index in [0.29, 0.717) is 10.3 Å². The Bertz CT molecular complexity index is 542. The smallest absolute Gasteiger partial charge is 0.151 e. The second-order valence-corrected chi connectivity index (χ2v) is 4.35. The van der Waals surface area contributed by atoms with Crippen LogP contribution in [0.25, 0.3) is 0 Å². The minimum atomic E-state index is -0.791. The van der Waals surface area contributed by atoms with Gasteiger partial charge in [-0.15, -0.1) is 0 Å². The van der Waals surface area contributed by atoms with E-state index in [1.807, 2.05) is 0 Å². The molecule has 2 aromatic rings. The Hall–Kier alpha value is -1.27. The van der Waals surface area contributed by atoms with Crippen LogP contribution in [0, 0.1) is 11.6 Å². The number of rotatable bonds is 2. The molecule has 2 rings (SSSR count). The zero-order valence-corrected chi connectivity index (χ0v) is 10.6. The highest BCUT2D eigenvalue weighted by molar-refractivity contribution is 9.10. The molecule has 0 fully saturated rings. The Labute approximate surface area is 109 Å². The molecule has 1 N–H and O–H groups in total. The lowest BCUT2D eigenvalue weighted by Gasteiger charge is -2.09. The second-order valence-electron chi connectivity index (χ2n) is 3.09. The number of halogens is 4. The highest BCUT2D eigenvalue weighted by Crippen LogP contribution is 2.30. The lowest BCUT2D eigenvalue weighted by atomic mass is 10.3. The molecule has 3 nitrogen and oxygen atoms in total. The lowest BCUT2D eigenvalue weighted by molar-refractivity contribution is 0.586. The van der Waals surface area contributed by atoms with E-state index >= 15 is 0 Å². The molecule has 0 amide bonds. The fraction of sp³-hybridized carbons (Fsp3) is 0. The van der Waals surface area contributed by atoms with Crippen LogP contribution in [-0.4, -0.2) is 9.97 Å². The molecule has 0 saturated heterocycles. The van der Waals surface area contributed by atoms with Gasteiger partial charge in [0, 0.05) is 12.3 Å². The molecule has 0 aliphatic heterocycles. The molecule has 0 aliphatic carbocycles. The Morgan fingerprint density at radius 3 is 2.71 bits per heavy atom. The number of hydrogen-bond donors (Lipinski definition) is 1. The quantitative estimate of drug-likeness (QED) is 0.911. The van der Waals surface area contributed by atoms with Gasteiger partial charge in [-0.2, -0.15) is 0 Å². The van der Waals surface area contributed by atoms with E-state index in [9.17, 15) is 8.78 Å². The molecule has 88 valence electrons. The van der Waals surface area contributed by atoms with Gasteiger partial charge in [-0.25, -0.2) is 18.7 Å². The monoisotopic (exact) mass is 319 g/mol. The lowest BCUT2D eigenvalue weighted by Crippen LogP contribution is -1.99. The van der Waals surface area contributed by atoms with Crippen LogP contribution in [0.1, 0.15) is 0 Å². The van der Waals surface area contributed by atoms with Gasteiger partial charge in [0.25, 0.3) is 0 Å². The van der Waals surface area contributed by atoms with Gasteiger partial charge in [-0.3, -0.25) is 0 Å². The van der Waals surface area contributed by atoms with Crippen molar-refractivity contribution in [2.45, 2.75) is 0 Å². The van der Waals surface area contributed by atoms with Crippen molar-refractivity contribution in [2.24, 2.45) is 0 Å². The van der Waals surface area contributed by atoms with Gasteiger partial charge in [0.05, 0.1) is 15.2 Å². The van der Waals surface area contributed by atoms with Crippen LogP contribution in [0.2, 0.25) is 5.02 Å². The average molecular weight is 321 g/mol. The van der Waals surface area contributed by atoms with Gasteiger partial charge in [-0.1, -0.05) is 11.6 Å². The van der Waals surface area contributed by atoms with Crippen molar-refractivity contribution in [1.82, 2.24) is 9.97 Å². The van der Waals surface area contributed by atoms with Gasteiger partial charge in [0.15, 0.2) is 5.82 Å². The van der Waals surface area contributed by atoms with Crippen molar-refractivity contribution >= 4 is 39.0 Å². The Balaban J connectivity index is 2.40. The molecule has 0 spiro atoms. The first-order valence-electron chi connectivity index (χ1n) is 4.45. The summed E-state index contributed by atoms with van der Waals surface area (Å²) in [5.74, 6) is -1.19. The van der Waals surface area contributed by atoms with E-state index in [1.165, 1.54) is 12.5 Å². The summed E-state index contributed by atoms with van der Waals surface area (Å²) in [7, 11) is 0. The molecule has 0 aliphatic rings. The number of anilines is 2. The van der Waals surface area contributed by atoms with Crippen molar-refractivity contribution in [2.75, 3.05) is 5.32 Å². The summed E-state index contributed by atoms with van der Waals surface area (Å²) in [6, 6.07) is 1.76. The first-order chi connectivity index (χ1) is 8.08. The standard InChI is InChI=1S/C10H5BrClF2N3/c11-6-3-15-4-16-10(6)17-9-7(12)1-5(13)2-8(9)14/h1-4H,(H,15,16,17). The van der Waals surface area contributed by atoms with E-state index < -0.39 is 11.6 Å². The van der Waals surface area contributed by atoms with Crippen molar-refractivity contribution in [1.29, 1.82) is 0 Å². The van der Waals surface area contributed by atoms with E-state index in [4.69, 9.17) is 11.6 Å². The van der Waals surface area contributed by atoms with E-state index in [2.05, 4.69) is 31.2 Å². The predicted molar refractivity (Wildman–Crippen MR) is 64.4 cm³/mol. The topological polar surface area (TPSA) is 37.8 Å². The largest absolute Gasteiger partial charge is 0.336 e. The Morgan fingerprint density at radius 1 is 1.29 bits per heavy atom. The molecule has 1 heterocycles. The number of nitrogens with zero attached hydrogens (tertiary/aromatic N) is 2. The van der Waals surface area contributed by atoms with Crippen LogP contribution in [0.15, 0.2) is 29.1 Å². The number of aromatic nitrogens is 2. The van der Waals surface area contributed by atoms with E-state index in [-0.39, 0.29) is 10.7 Å². The molecule has 1 aromatic carbocycles. The van der Waals surface area contributed by atoms with Crippen LogP contribution in [0.3, 0.4) is 0 Å². The fourth-order valence-electron chi connectivity index (χ4n) is 1.18. The molecule has 1 aromatic heterocycles. The highest BCUT2D eigenvalue weighted by atomic mass is 79.9. The summed E-state index contributed by atoms with van der Waals surface area (Å²) in [5, 5.41) is 2.60. The van der Waals surface area contributed by atoms with Crippen LogP contribution in [0.4, 0.5) is 20.3 Å². The molecule has 0 unspecified atom stereocenters. The zero-order valence-electron chi connectivity index (χ0n) is 8.22. The fourth-order valence-corrected chi connectivity index (χ4v) is 1.75. The zero-order chi connectivity index (χ0) is 12.4. The molecular formula is C10H5BrClF2N3. The summed E-state index contributed by atoms with van der Waals surface area (Å²) in [5.41, 5.74) is -0.0348. The highest BCUT2D eigenvalue weighted by Gasteiger charge is 2.12. The summed E-state index contributed by atoms with van der Waals surface area (Å²) in [6.07, 6.45) is 2.78. The minimum Gasteiger partial charge on any atom is -0.336 e. The third-order valence-corrected chi connectivity index (χ3v) is 2.80. The maximum atomic E-state index is 13.5. The number of nitrogens with one attached hydrogen (secondary N) is 1. The van der Waals surface area contributed by atoms with Crippen LogP contribution >= 0.6 is 27.5 Å². The normalized spacial score (nSPS) is 10.4. The number of benzene rings is 1. The first kappa shape index (κ1) is 12.2. The minimum absolute atomic E-state index is 0.0348. The molecule has 0 radical (unpaired) electrons. The number of hydrogen-bond acceptors (Lipinski definition) is 3. The molecule has 17 heavy (non-hydrogen) atoms. The third-order valence-electron chi connectivity index (χ3n) is 1.92. The summed E-state index contributed by atoms with van der Waals surface area (Å²) >= 11 is 8.93. The summed E-state index contributed by atoms with van der Waals surface area (Å²) in [6.45, 7) is 0. The third kappa shape index (κ3) is 2.70. The van der Waals surface area contributed by atoms with Gasteiger partial charge in [0.2, 0.25) is 0 Å². The molecular weight excluding hydrogens is 315 g/mol. The molecule has 0 atom stereocenters. The first-order valence-corrected chi connectivity index (χ1v) is 5.62. The van der Waals surface area contributed by atoms with Crippen LogP contribution in [-0.2, 0) is 0 Å². The Morgan fingerprint density at radius 2 is 2.06 bits per heavy atom. The Kier molecular flexibility index (Phi) is 3.54. The maximum Gasteiger partial charge on any atom is 0.151 e. The second kappa shape index (κ2) is 4.93. The molecule has 0 bridgehead atoms. The van der Waals surface area contributed by atoms with Crippen LogP contribution in [0.5, 0.6) is 0 Å². The van der Waals surface area contributed by atoms with Crippen molar-refractivity contribution in [3.05, 3.63) is 45.8 Å². The SMILES string of the molecule is Fc1cc(F)c(Nc2ncncc2Br)c(Cl)c1. The maximum absolute atomic E-state index is 13.5. The average Bonchev–Trinajstić information content (AvgIpc) is 2.25. The van der Waals surface area contributed by atoms with Crippen molar-refractivity contribution in [3.63, 3.8) is 0 Å². The van der Waals surface area contributed by atoms with Crippen LogP contribution < -0.4 is 5.32 Å². The van der Waals surface area contributed by atoms with Gasteiger partial charge in [0.1, 0.15) is 18.0 Å². The molecule has 7 heteroatoms. The predicted octanol–water partition coefficient (Wildman–Crippen LogP) is 3.91. The molecule has 0 saturated carbocycles. The van der Waals surface area contributed by atoms with E-state index in [0.717, 1.165) is 12.1 Å². The van der Waals surface area contributed by atoms with Gasteiger partial charge >= 0.3 is 0 Å². The van der Waals surface area contributed by atoms with E-state index in [1.54, 1.807) is 0 Å².